The molecule has 2 aromatic rings. The molecule has 1 amide bonds. The van der Waals surface area contributed by atoms with Gasteiger partial charge in [0.2, 0.25) is 0 Å². The van der Waals surface area contributed by atoms with E-state index >= 15 is 0 Å². The van der Waals surface area contributed by atoms with E-state index < -0.39 is 0 Å². The molecule has 2 aliphatic rings. The molecule has 0 radical (unpaired) electrons. The molecule has 24 heavy (non-hydrogen) atoms. The highest BCUT2D eigenvalue weighted by Gasteiger charge is 2.36. The molecule has 6 heteroatoms. The third kappa shape index (κ3) is 2.65. The largest absolute Gasteiger partial charge is 0.268 e. The molecular weight excluding hydrogens is 363 g/mol. The van der Waals surface area contributed by atoms with Crippen molar-refractivity contribution in [3.63, 3.8) is 0 Å². The molecule has 0 aromatic heterocycles. The number of para-hydroxylation sites is 1. The van der Waals surface area contributed by atoms with Gasteiger partial charge in [-0.2, -0.15) is 0 Å². The predicted octanol–water partition coefficient (Wildman–Crippen LogP) is 4.98. The lowest BCUT2D eigenvalue weighted by molar-refractivity contribution is -0.112. The first kappa shape index (κ1) is 15.8. The molecule has 0 aliphatic carbocycles. The van der Waals surface area contributed by atoms with Crippen LogP contribution >= 0.6 is 35.0 Å². The number of thioether (sulfide) groups is 1. The number of amidine groups is 1. The van der Waals surface area contributed by atoms with Crippen LogP contribution in [0, 0.1) is 0 Å². The topological polar surface area (TPSA) is 32.7 Å². The van der Waals surface area contributed by atoms with Crippen LogP contribution in [0.25, 0.3) is 11.6 Å². The Labute approximate surface area is 154 Å². The zero-order chi connectivity index (χ0) is 16.7. The van der Waals surface area contributed by atoms with Crippen molar-refractivity contribution in [3.8, 4) is 0 Å². The molecule has 3 nitrogen and oxygen atoms in total. The smallest absolute Gasteiger partial charge is 0.265 e. The molecule has 0 atom stereocenters. The van der Waals surface area contributed by atoms with Crippen molar-refractivity contribution in [3.05, 3.63) is 63.6 Å². The van der Waals surface area contributed by atoms with Crippen molar-refractivity contribution in [2.45, 2.75) is 0 Å². The summed E-state index contributed by atoms with van der Waals surface area (Å²) in [5, 5.41) is 1.73. The van der Waals surface area contributed by atoms with Gasteiger partial charge in [-0.15, -0.1) is 0 Å². The van der Waals surface area contributed by atoms with Gasteiger partial charge in [-0.1, -0.05) is 59.2 Å². The van der Waals surface area contributed by atoms with Crippen LogP contribution in [0.1, 0.15) is 11.1 Å². The SMILES string of the molecule is O=C1C(=Cc2ccc(Cl)c(Cl)c2)c2ccccc2N1C1=NCCS1. The van der Waals surface area contributed by atoms with Gasteiger partial charge < -0.3 is 0 Å². The molecule has 0 fully saturated rings. The number of anilines is 1. The highest BCUT2D eigenvalue weighted by atomic mass is 35.5. The second-order valence-electron chi connectivity index (χ2n) is 5.40. The van der Waals surface area contributed by atoms with Crippen LogP contribution in [0.2, 0.25) is 10.0 Å². The van der Waals surface area contributed by atoms with Gasteiger partial charge in [0.15, 0.2) is 5.17 Å². The Bertz CT molecular complexity index is 908. The highest BCUT2D eigenvalue weighted by Crippen LogP contribution is 2.40. The summed E-state index contributed by atoms with van der Waals surface area (Å²) < 4.78 is 0. The number of nitrogens with zero attached hydrogens (tertiary/aromatic N) is 2. The van der Waals surface area contributed by atoms with Crippen molar-refractivity contribution in [1.82, 2.24) is 0 Å². The second kappa shape index (κ2) is 6.28. The van der Waals surface area contributed by atoms with Crippen molar-refractivity contribution < 1.29 is 4.79 Å². The van der Waals surface area contributed by atoms with Crippen molar-refractivity contribution in [2.75, 3.05) is 17.2 Å². The van der Waals surface area contributed by atoms with E-state index in [1.165, 1.54) is 0 Å². The summed E-state index contributed by atoms with van der Waals surface area (Å²) >= 11 is 13.7. The maximum absolute atomic E-state index is 13.0. The first-order valence-corrected chi connectivity index (χ1v) is 9.17. The molecule has 0 unspecified atom stereocenters. The van der Waals surface area contributed by atoms with Crippen LogP contribution in [0.3, 0.4) is 0 Å². The maximum Gasteiger partial charge on any atom is 0.265 e. The summed E-state index contributed by atoms with van der Waals surface area (Å²) in [6.45, 7) is 0.748. The molecule has 0 bridgehead atoms. The van der Waals surface area contributed by atoms with Gasteiger partial charge in [-0.3, -0.25) is 14.7 Å². The molecular formula is C18H12Cl2N2OS. The fourth-order valence-corrected chi connectivity index (χ4v) is 3.96. The Kier molecular flexibility index (Phi) is 4.12. The van der Waals surface area contributed by atoms with Gasteiger partial charge in [-0.05, 0) is 29.8 Å². The molecule has 2 aromatic carbocycles. The molecule has 0 N–H and O–H groups in total. The van der Waals surface area contributed by atoms with Crippen LogP contribution in [-0.2, 0) is 4.79 Å². The van der Waals surface area contributed by atoms with Crippen LogP contribution < -0.4 is 4.90 Å². The third-order valence-electron chi connectivity index (χ3n) is 3.88. The van der Waals surface area contributed by atoms with Gasteiger partial charge in [0, 0.05) is 11.3 Å². The fraction of sp³-hybridized carbons (Fsp3) is 0.111. The Morgan fingerprint density at radius 3 is 2.71 bits per heavy atom. The summed E-state index contributed by atoms with van der Waals surface area (Å²) in [7, 11) is 0. The minimum absolute atomic E-state index is 0.0598. The second-order valence-corrected chi connectivity index (χ2v) is 7.28. The number of rotatable bonds is 1. The number of hydrogen-bond acceptors (Lipinski definition) is 3. The Balaban J connectivity index is 1.82. The van der Waals surface area contributed by atoms with Crippen LogP contribution in [0.5, 0.6) is 0 Å². The number of benzene rings is 2. The first-order valence-electron chi connectivity index (χ1n) is 7.43. The van der Waals surface area contributed by atoms with E-state index in [4.69, 9.17) is 23.2 Å². The van der Waals surface area contributed by atoms with E-state index in [1.54, 1.807) is 28.8 Å². The Hall–Kier alpha value is -1.75. The van der Waals surface area contributed by atoms with E-state index in [0.29, 0.717) is 15.6 Å². The van der Waals surface area contributed by atoms with E-state index in [-0.39, 0.29) is 5.91 Å². The van der Waals surface area contributed by atoms with Gasteiger partial charge in [0.1, 0.15) is 0 Å². The number of carbonyl (C=O) groups excluding carboxylic acids is 1. The van der Waals surface area contributed by atoms with E-state index in [1.807, 2.05) is 36.4 Å². The predicted molar refractivity (Wildman–Crippen MR) is 103 cm³/mol. The lowest BCUT2D eigenvalue weighted by atomic mass is 10.0. The zero-order valence-corrected chi connectivity index (χ0v) is 14.8. The first-order chi connectivity index (χ1) is 11.6. The van der Waals surface area contributed by atoms with E-state index in [2.05, 4.69) is 4.99 Å². The number of aliphatic imine (C=N–C) groups is 1. The number of halogens is 2. The average Bonchev–Trinajstić information content (AvgIpc) is 3.18. The van der Waals surface area contributed by atoms with Crippen molar-refractivity contribution in [1.29, 1.82) is 0 Å². The van der Waals surface area contributed by atoms with Crippen LogP contribution in [0.15, 0.2) is 47.5 Å². The van der Waals surface area contributed by atoms with Crippen LogP contribution in [-0.4, -0.2) is 23.4 Å². The summed E-state index contributed by atoms with van der Waals surface area (Å²) in [6, 6.07) is 13.1. The summed E-state index contributed by atoms with van der Waals surface area (Å²) in [5.41, 5.74) is 3.26. The van der Waals surface area contributed by atoms with E-state index in [0.717, 1.165) is 34.3 Å². The van der Waals surface area contributed by atoms with Gasteiger partial charge in [0.05, 0.1) is 27.9 Å². The normalized spacial score (nSPS) is 18.2. The molecule has 0 saturated heterocycles. The van der Waals surface area contributed by atoms with Gasteiger partial charge in [0.25, 0.3) is 5.91 Å². The number of fused-ring (bicyclic) bond motifs is 1. The summed E-state index contributed by atoms with van der Waals surface area (Å²) in [5.74, 6) is 0.850. The molecule has 2 heterocycles. The lowest BCUT2D eigenvalue weighted by Crippen LogP contribution is -2.30. The zero-order valence-electron chi connectivity index (χ0n) is 12.5. The average molecular weight is 375 g/mol. The Morgan fingerprint density at radius 1 is 1.12 bits per heavy atom. The van der Waals surface area contributed by atoms with Gasteiger partial charge >= 0.3 is 0 Å². The third-order valence-corrected chi connectivity index (χ3v) is 5.58. The number of hydrogen-bond donors (Lipinski definition) is 0. The summed E-state index contributed by atoms with van der Waals surface area (Å²) in [6.07, 6.45) is 1.85. The molecule has 4 rings (SSSR count). The van der Waals surface area contributed by atoms with E-state index in [9.17, 15) is 4.79 Å². The lowest BCUT2D eigenvalue weighted by Gasteiger charge is -2.15. The monoisotopic (exact) mass is 374 g/mol. The van der Waals surface area contributed by atoms with Crippen molar-refractivity contribution in [2.24, 2.45) is 4.99 Å². The van der Waals surface area contributed by atoms with Crippen molar-refractivity contribution >= 4 is 63.4 Å². The summed E-state index contributed by atoms with van der Waals surface area (Å²) in [4.78, 5) is 19.2. The molecule has 0 spiro atoms. The Morgan fingerprint density at radius 2 is 1.96 bits per heavy atom. The molecule has 0 saturated carbocycles. The van der Waals surface area contributed by atoms with Gasteiger partial charge in [-0.25, -0.2) is 0 Å². The minimum Gasteiger partial charge on any atom is -0.268 e. The molecule has 2 aliphatic heterocycles. The van der Waals surface area contributed by atoms with Crippen LogP contribution in [0.4, 0.5) is 5.69 Å². The standard InChI is InChI=1S/C18H12Cl2N2OS/c19-14-6-5-11(10-15(14)20)9-13-12-3-1-2-4-16(12)22(17(13)23)18-21-7-8-24-18/h1-6,9-10H,7-8H2. The highest BCUT2D eigenvalue weighted by molar-refractivity contribution is 8.14. The molecule has 120 valence electrons. The fourth-order valence-electron chi connectivity index (χ4n) is 2.80. The minimum atomic E-state index is -0.0598. The number of carbonyl (C=O) groups is 1. The number of amides is 1. The quantitative estimate of drug-likeness (QED) is 0.659. The maximum atomic E-state index is 13.0.